The van der Waals surface area contributed by atoms with E-state index in [0.717, 1.165) is 43.2 Å². The Balaban J connectivity index is 1.69. The lowest BCUT2D eigenvalue weighted by molar-refractivity contribution is -0.884. The van der Waals surface area contributed by atoms with Gasteiger partial charge in [-0.3, -0.25) is 10.2 Å². The molecular weight excluding hydrogens is 378 g/mol. The number of ether oxygens (including phenoxy) is 1. The largest absolute Gasteiger partial charge is 0.497 e. The number of methoxy groups -OCH3 is 1. The number of nitrogens with one attached hydrogen (secondary N) is 2. The summed E-state index contributed by atoms with van der Waals surface area (Å²) in [5.74, 6) is 0.580. The first kappa shape index (κ1) is 20.1. The molecule has 1 saturated heterocycles. The molecule has 0 unspecified atom stereocenters. The summed E-state index contributed by atoms with van der Waals surface area (Å²) in [5.41, 5.74) is 7.16. The van der Waals surface area contributed by atoms with Crippen molar-refractivity contribution < 1.29 is 14.4 Å². The van der Waals surface area contributed by atoms with Crippen molar-refractivity contribution in [3.63, 3.8) is 0 Å². The molecule has 3 aromatic rings. The number of piperazine rings is 1. The van der Waals surface area contributed by atoms with Crippen LogP contribution in [0.4, 0.5) is 0 Å². The summed E-state index contributed by atoms with van der Waals surface area (Å²) in [4.78, 5) is 14.7. The Kier molecular flexibility index (Phi) is 5.83. The van der Waals surface area contributed by atoms with Crippen LogP contribution in [0.25, 0.3) is 16.9 Å². The van der Waals surface area contributed by atoms with Gasteiger partial charge in [0.1, 0.15) is 11.4 Å². The van der Waals surface area contributed by atoms with Gasteiger partial charge in [0.05, 0.1) is 51.6 Å². The Morgan fingerprint density at radius 3 is 2.57 bits per heavy atom. The van der Waals surface area contributed by atoms with E-state index in [1.165, 1.54) is 10.5 Å². The Morgan fingerprint density at radius 1 is 1.13 bits per heavy atom. The minimum absolute atomic E-state index is 0.147. The van der Waals surface area contributed by atoms with Crippen molar-refractivity contribution in [2.45, 2.75) is 6.92 Å². The van der Waals surface area contributed by atoms with Crippen LogP contribution >= 0.6 is 0 Å². The van der Waals surface area contributed by atoms with Crippen LogP contribution in [-0.4, -0.2) is 61.0 Å². The van der Waals surface area contributed by atoms with E-state index in [1.54, 1.807) is 18.0 Å². The smallest absolute Gasteiger partial charge is 0.269 e. The molecule has 2 aromatic carbocycles. The zero-order valence-corrected chi connectivity index (χ0v) is 17.7. The number of nitrogens with zero attached hydrogens (tertiary/aromatic N) is 3. The second-order valence-electron chi connectivity index (χ2n) is 7.79. The first-order chi connectivity index (χ1) is 14.5. The number of carbonyl (C=O) groups excluding carboxylic acids is 1. The third-order valence-electron chi connectivity index (χ3n) is 5.48. The van der Waals surface area contributed by atoms with Crippen molar-refractivity contribution in [3.8, 4) is 22.7 Å². The number of aryl methyl sites for hydroxylation is 1. The molecule has 7 heteroatoms. The van der Waals surface area contributed by atoms with E-state index in [0.29, 0.717) is 11.3 Å². The summed E-state index contributed by atoms with van der Waals surface area (Å²) < 4.78 is 7.13. The number of likely N-dealkylation sites (N-methyl/N-ethyl adjacent to an activating group) is 1. The molecule has 156 valence electrons. The second kappa shape index (κ2) is 8.69. The molecule has 1 fully saturated rings. The van der Waals surface area contributed by atoms with Crippen LogP contribution in [0.1, 0.15) is 15.9 Å². The quantitative estimate of drug-likeness (QED) is 0.671. The highest BCUT2D eigenvalue weighted by atomic mass is 16.5. The molecule has 1 aliphatic heterocycles. The topological polar surface area (TPSA) is 63.8 Å². The van der Waals surface area contributed by atoms with E-state index in [-0.39, 0.29) is 5.91 Å². The lowest BCUT2D eigenvalue weighted by Gasteiger charge is -2.30. The Bertz CT molecular complexity index is 1020. The van der Waals surface area contributed by atoms with Gasteiger partial charge >= 0.3 is 0 Å². The lowest BCUT2D eigenvalue weighted by atomic mass is 10.1. The molecule has 4 rings (SSSR count). The average Bonchev–Trinajstić information content (AvgIpc) is 3.21. The maximum absolute atomic E-state index is 13.2. The van der Waals surface area contributed by atoms with Crippen LogP contribution in [-0.2, 0) is 0 Å². The van der Waals surface area contributed by atoms with Gasteiger partial charge in [-0.15, -0.1) is 0 Å². The molecular formula is C23H28N5O2+. The first-order valence-corrected chi connectivity index (χ1v) is 10.2. The van der Waals surface area contributed by atoms with Gasteiger partial charge in [-0.2, -0.15) is 5.10 Å². The van der Waals surface area contributed by atoms with Crippen LogP contribution in [0.2, 0.25) is 0 Å². The molecule has 0 spiro atoms. The third-order valence-corrected chi connectivity index (χ3v) is 5.48. The zero-order chi connectivity index (χ0) is 21.1. The second-order valence-corrected chi connectivity index (χ2v) is 7.79. The first-order valence-electron chi connectivity index (χ1n) is 10.2. The number of quaternary nitrogens is 1. The molecule has 1 aliphatic rings. The van der Waals surface area contributed by atoms with Gasteiger partial charge in [0.2, 0.25) is 0 Å². The molecule has 30 heavy (non-hydrogen) atoms. The molecule has 7 nitrogen and oxygen atoms in total. The lowest BCUT2D eigenvalue weighted by Crippen LogP contribution is -3.12. The summed E-state index contributed by atoms with van der Waals surface area (Å²) in [6, 6.07) is 15.7. The monoisotopic (exact) mass is 406 g/mol. The zero-order valence-electron chi connectivity index (χ0n) is 17.7. The van der Waals surface area contributed by atoms with Gasteiger partial charge in [0, 0.05) is 11.8 Å². The number of carbonyl (C=O) groups is 1. The van der Waals surface area contributed by atoms with Crippen molar-refractivity contribution in [2.24, 2.45) is 0 Å². The average molecular weight is 407 g/mol. The van der Waals surface area contributed by atoms with Gasteiger partial charge in [0.15, 0.2) is 0 Å². The number of hydrogen-bond acceptors (Lipinski definition) is 4. The minimum atomic E-state index is -0.147. The number of benzene rings is 2. The van der Waals surface area contributed by atoms with Crippen molar-refractivity contribution in [2.75, 3.05) is 40.3 Å². The van der Waals surface area contributed by atoms with Crippen LogP contribution < -0.4 is 15.1 Å². The van der Waals surface area contributed by atoms with Gasteiger partial charge in [-0.25, -0.2) is 9.69 Å². The number of aromatic nitrogens is 2. The molecule has 0 aliphatic carbocycles. The Labute approximate surface area is 176 Å². The maximum atomic E-state index is 13.2. The SMILES string of the molecule is COc1cccc(-c2nn(-c3ccc(C)cc3)cc2C(=O)NN2CC[NH+](C)CC2)c1. The van der Waals surface area contributed by atoms with Crippen LogP contribution in [0, 0.1) is 6.92 Å². The molecule has 0 saturated carbocycles. The highest BCUT2D eigenvalue weighted by Gasteiger charge is 2.23. The van der Waals surface area contributed by atoms with Gasteiger partial charge in [-0.05, 0) is 31.2 Å². The molecule has 0 bridgehead atoms. The summed E-state index contributed by atoms with van der Waals surface area (Å²) in [5, 5.41) is 6.75. The maximum Gasteiger partial charge on any atom is 0.269 e. The van der Waals surface area contributed by atoms with Crippen molar-refractivity contribution in [3.05, 3.63) is 65.9 Å². The molecule has 2 N–H and O–H groups in total. The standard InChI is InChI=1S/C23H27N5O2/c1-17-7-9-19(10-8-17)28-16-21(23(29)25-27-13-11-26(2)12-14-27)22(24-28)18-5-4-6-20(15-18)30-3/h4-10,15-16H,11-14H2,1-3H3,(H,25,29)/p+1. The Hall–Kier alpha value is -3.16. The molecule has 0 atom stereocenters. The number of rotatable bonds is 5. The number of amides is 1. The highest BCUT2D eigenvalue weighted by molar-refractivity contribution is 5.99. The molecule has 0 radical (unpaired) electrons. The van der Waals surface area contributed by atoms with Crippen molar-refractivity contribution in [1.82, 2.24) is 20.2 Å². The van der Waals surface area contributed by atoms with Crippen molar-refractivity contribution in [1.29, 1.82) is 0 Å². The fraction of sp³-hybridized carbons (Fsp3) is 0.304. The number of hydrogen-bond donors (Lipinski definition) is 2. The predicted octanol–water partition coefficient (Wildman–Crippen LogP) is 1.33. The van der Waals surface area contributed by atoms with E-state index < -0.39 is 0 Å². The summed E-state index contributed by atoms with van der Waals surface area (Å²) in [6.07, 6.45) is 1.80. The molecule has 1 amide bonds. The third kappa shape index (κ3) is 4.37. The van der Waals surface area contributed by atoms with Crippen LogP contribution in [0.5, 0.6) is 5.75 Å². The summed E-state index contributed by atoms with van der Waals surface area (Å²) in [6.45, 7) is 5.72. The molecule has 2 heterocycles. The van der Waals surface area contributed by atoms with E-state index in [9.17, 15) is 4.79 Å². The Morgan fingerprint density at radius 2 is 1.87 bits per heavy atom. The van der Waals surface area contributed by atoms with Crippen LogP contribution in [0.15, 0.2) is 54.7 Å². The van der Waals surface area contributed by atoms with E-state index in [2.05, 4.69) is 12.5 Å². The predicted molar refractivity (Wildman–Crippen MR) is 116 cm³/mol. The fourth-order valence-corrected chi connectivity index (χ4v) is 3.56. The van der Waals surface area contributed by atoms with Crippen LogP contribution in [0.3, 0.4) is 0 Å². The van der Waals surface area contributed by atoms with Gasteiger partial charge < -0.3 is 9.64 Å². The van der Waals surface area contributed by atoms with Gasteiger partial charge in [0.25, 0.3) is 5.91 Å². The van der Waals surface area contributed by atoms with E-state index in [4.69, 9.17) is 9.84 Å². The normalized spacial score (nSPS) is 15.2. The highest BCUT2D eigenvalue weighted by Crippen LogP contribution is 2.27. The molecule has 1 aromatic heterocycles. The summed E-state index contributed by atoms with van der Waals surface area (Å²) in [7, 11) is 3.80. The summed E-state index contributed by atoms with van der Waals surface area (Å²) >= 11 is 0. The van der Waals surface area contributed by atoms with Gasteiger partial charge in [-0.1, -0.05) is 29.8 Å². The fourth-order valence-electron chi connectivity index (χ4n) is 3.56. The van der Waals surface area contributed by atoms with E-state index >= 15 is 0 Å². The van der Waals surface area contributed by atoms with Crippen molar-refractivity contribution >= 4 is 5.91 Å². The number of hydrazine groups is 1. The van der Waals surface area contributed by atoms with E-state index in [1.807, 2.05) is 60.5 Å². The minimum Gasteiger partial charge on any atom is -0.497 e.